The van der Waals surface area contributed by atoms with Crippen LogP contribution in [0.4, 0.5) is 0 Å². The van der Waals surface area contributed by atoms with Crippen LogP contribution in [0.3, 0.4) is 0 Å². The van der Waals surface area contributed by atoms with Crippen molar-refractivity contribution in [2.24, 2.45) is 23.7 Å². The maximum absolute atomic E-state index is 2.29. The van der Waals surface area contributed by atoms with Crippen LogP contribution in [-0.2, 0) is 0 Å². The Labute approximate surface area is 262 Å². The molecule has 0 fully saturated rings. The van der Waals surface area contributed by atoms with E-state index in [0.29, 0.717) is 11.8 Å². The Bertz CT molecular complexity index is 606. The normalized spacial score (nSPS) is 12.4. The van der Waals surface area contributed by atoms with Gasteiger partial charge in [0.2, 0.25) is 0 Å². The van der Waals surface area contributed by atoms with Gasteiger partial charge in [0.25, 0.3) is 0 Å². The maximum atomic E-state index is 2.29. The summed E-state index contributed by atoms with van der Waals surface area (Å²) < 4.78 is 0. The lowest BCUT2D eigenvalue weighted by molar-refractivity contribution is 0.401. The second-order valence-corrected chi connectivity index (χ2v) is 13.1. The van der Waals surface area contributed by atoms with Gasteiger partial charge in [0, 0.05) is 6.54 Å². The molecule has 0 N–H and O–H groups in total. The number of allylic oxidation sites excluding steroid dienone is 9. The Morgan fingerprint density at radius 3 is 1.20 bits per heavy atom. The largest absolute Gasteiger partial charge is 0.309 e. The second-order valence-electron chi connectivity index (χ2n) is 13.1. The van der Waals surface area contributed by atoms with Crippen LogP contribution in [0.25, 0.3) is 0 Å². The van der Waals surface area contributed by atoms with Gasteiger partial charge in [-0.15, -0.1) is 0 Å². The lowest BCUT2D eigenvalue weighted by Crippen LogP contribution is -2.12. The second kappa shape index (κ2) is 36.6. The molecule has 0 aliphatic heterocycles. The minimum Gasteiger partial charge on any atom is -0.309 e. The fourth-order valence-electron chi connectivity index (χ4n) is 3.01. The third-order valence-electron chi connectivity index (χ3n) is 5.51. The quantitative estimate of drug-likeness (QED) is 0.0968. The monoisotopic (exact) mass is 575 g/mol. The molecule has 2 heteroatoms. The first-order valence-electron chi connectivity index (χ1n) is 16.8. The molecular weight excluding hydrogens is 496 g/mol. The molecule has 0 aromatic rings. The molecule has 41 heavy (non-hydrogen) atoms. The topological polar surface area (TPSA) is 6.48 Å². The number of hydrogen-bond acceptors (Lipinski definition) is 2. The molecule has 0 unspecified atom stereocenters. The molecule has 0 atom stereocenters. The fourth-order valence-corrected chi connectivity index (χ4v) is 3.01. The zero-order valence-corrected chi connectivity index (χ0v) is 31.0. The summed E-state index contributed by atoms with van der Waals surface area (Å²) in [6.45, 7) is 26.5. The minimum absolute atomic E-state index is 0.646. The molecule has 0 bridgehead atoms. The summed E-state index contributed by atoms with van der Waals surface area (Å²) >= 11 is 0. The molecule has 2 nitrogen and oxygen atoms in total. The predicted octanol–water partition coefficient (Wildman–Crippen LogP) is 12.0. The Morgan fingerprint density at radius 2 is 0.902 bits per heavy atom. The van der Waals surface area contributed by atoms with Crippen molar-refractivity contribution in [1.29, 1.82) is 0 Å². The Hall–Kier alpha value is -1.38. The van der Waals surface area contributed by atoms with Crippen molar-refractivity contribution >= 4 is 0 Å². The average Bonchev–Trinajstić information content (AvgIpc) is 2.87. The van der Waals surface area contributed by atoms with E-state index in [4.69, 9.17) is 0 Å². The summed E-state index contributed by atoms with van der Waals surface area (Å²) in [6, 6.07) is 0. The van der Waals surface area contributed by atoms with Gasteiger partial charge < -0.3 is 9.80 Å². The van der Waals surface area contributed by atoms with Crippen LogP contribution in [-0.4, -0.2) is 51.1 Å². The summed E-state index contributed by atoms with van der Waals surface area (Å²) in [4.78, 5) is 4.38. The third-order valence-corrected chi connectivity index (χ3v) is 5.51. The predicted molar refractivity (Wildman–Crippen MR) is 195 cm³/mol. The first-order chi connectivity index (χ1) is 19.2. The highest BCUT2D eigenvalue weighted by atomic mass is 15.0. The first-order valence-corrected chi connectivity index (χ1v) is 16.8. The highest BCUT2D eigenvalue weighted by molar-refractivity contribution is 5.16. The van der Waals surface area contributed by atoms with Crippen molar-refractivity contribution in [1.82, 2.24) is 9.80 Å². The van der Waals surface area contributed by atoms with Gasteiger partial charge in [-0.3, -0.25) is 0 Å². The smallest absolute Gasteiger partial charge is 0.0162 e. The van der Waals surface area contributed by atoms with Crippen molar-refractivity contribution in [3.63, 3.8) is 0 Å². The van der Waals surface area contributed by atoms with Crippen LogP contribution in [0, 0.1) is 23.7 Å². The molecule has 0 spiro atoms. The summed E-state index contributed by atoms with van der Waals surface area (Å²) in [5.74, 6) is 2.80. The zero-order valence-electron chi connectivity index (χ0n) is 31.0. The summed E-state index contributed by atoms with van der Waals surface area (Å²) in [5, 5.41) is 0. The van der Waals surface area contributed by atoms with Crippen molar-refractivity contribution in [2.45, 2.75) is 128 Å². The van der Waals surface area contributed by atoms with E-state index in [1.807, 2.05) is 0 Å². The summed E-state index contributed by atoms with van der Waals surface area (Å²) in [5.41, 5.74) is 1.34. The Balaban J connectivity index is -0.000000224. The van der Waals surface area contributed by atoms with Crippen LogP contribution in [0.1, 0.15) is 128 Å². The number of rotatable bonds is 17. The molecule has 0 rings (SSSR count). The molecule has 0 radical (unpaired) electrons. The van der Waals surface area contributed by atoms with Gasteiger partial charge in [-0.2, -0.15) is 0 Å². The summed E-state index contributed by atoms with van der Waals surface area (Å²) in [7, 11) is 8.39. The molecule has 0 aromatic carbocycles. The van der Waals surface area contributed by atoms with Crippen molar-refractivity contribution < 1.29 is 0 Å². The van der Waals surface area contributed by atoms with E-state index in [1.54, 1.807) is 0 Å². The Morgan fingerprint density at radius 1 is 0.537 bits per heavy atom. The molecule has 0 aliphatic rings. The minimum atomic E-state index is 0.646. The molecule has 0 amide bonds. The van der Waals surface area contributed by atoms with E-state index >= 15 is 0 Å². The van der Waals surface area contributed by atoms with Crippen LogP contribution in [0.5, 0.6) is 0 Å². The standard InChI is InChI=1S/C11H21N.C10H21N.2C9H18/c1-10(2)6-7-11(3)8-9-12(4)5;1-10(2)8-6-5-7-9-11(3)4;2*1-4-5-6-7-8-9(2)3/h6-8,10H,9H2,1-5H3;6,8,10H,5,7,9H2,1-4H3;2*7-9H,4-6H2,1-3H3/b7-6+,11-8+;8-6+;2*8-7+. The van der Waals surface area contributed by atoms with Gasteiger partial charge in [0.15, 0.2) is 0 Å². The maximum Gasteiger partial charge on any atom is 0.0162 e. The van der Waals surface area contributed by atoms with E-state index in [-0.39, 0.29) is 0 Å². The highest BCUT2D eigenvalue weighted by Gasteiger charge is 1.89. The average molecular weight is 575 g/mol. The number of nitrogens with zero attached hydrogens (tertiary/aromatic N) is 2. The zero-order chi connectivity index (χ0) is 32.5. The SMILES string of the molecule is CC(/C=C/C(C)C)=C\CN(C)C.CC(C)/C=C/CCCN(C)C.CCCC/C=C/C(C)C.CCCC/C=C/C(C)C. The van der Waals surface area contributed by atoms with Crippen LogP contribution >= 0.6 is 0 Å². The molecule has 0 aromatic heterocycles. The lowest BCUT2D eigenvalue weighted by Gasteiger charge is -2.06. The molecule has 0 aliphatic carbocycles. The van der Waals surface area contributed by atoms with E-state index in [0.717, 1.165) is 18.4 Å². The van der Waals surface area contributed by atoms with E-state index in [9.17, 15) is 0 Å². The van der Waals surface area contributed by atoms with E-state index in [1.165, 1.54) is 63.5 Å². The summed E-state index contributed by atoms with van der Waals surface area (Å²) in [6.07, 6.45) is 30.6. The molecule has 0 heterocycles. The van der Waals surface area contributed by atoms with Crippen molar-refractivity contribution in [2.75, 3.05) is 41.3 Å². The van der Waals surface area contributed by atoms with Crippen LogP contribution in [0.2, 0.25) is 0 Å². The number of unbranched alkanes of at least 4 members (excludes halogenated alkanes) is 5. The van der Waals surface area contributed by atoms with Gasteiger partial charge >= 0.3 is 0 Å². The highest BCUT2D eigenvalue weighted by Crippen LogP contribution is 2.02. The van der Waals surface area contributed by atoms with Crippen LogP contribution in [0.15, 0.2) is 60.3 Å². The number of likely N-dealkylation sites (N-methyl/N-ethyl adjacent to an activating group) is 1. The van der Waals surface area contributed by atoms with E-state index in [2.05, 4.69) is 169 Å². The van der Waals surface area contributed by atoms with Crippen molar-refractivity contribution in [3.8, 4) is 0 Å². The van der Waals surface area contributed by atoms with Gasteiger partial charge in [-0.05, 0) is 91.0 Å². The van der Waals surface area contributed by atoms with Crippen LogP contribution < -0.4 is 0 Å². The molecule has 0 saturated heterocycles. The van der Waals surface area contributed by atoms with Gasteiger partial charge in [-0.25, -0.2) is 0 Å². The van der Waals surface area contributed by atoms with Crippen molar-refractivity contribution in [3.05, 3.63) is 60.3 Å². The fraction of sp³-hybridized carbons (Fsp3) is 0.744. The van der Waals surface area contributed by atoms with E-state index < -0.39 is 0 Å². The van der Waals surface area contributed by atoms with Gasteiger partial charge in [-0.1, -0.05) is 155 Å². The third kappa shape index (κ3) is 63.2. The number of hydrogen-bond donors (Lipinski definition) is 0. The molecule has 244 valence electrons. The Kier molecular flexibility index (Phi) is 41.6. The first kappa shape index (κ1) is 46.6. The molecule has 0 saturated carbocycles. The molecular formula is C39H78N2. The van der Waals surface area contributed by atoms with Gasteiger partial charge in [0.05, 0.1) is 0 Å². The lowest BCUT2D eigenvalue weighted by atomic mass is 10.1. The van der Waals surface area contributed by atoms with Gasteiger partial charge in [0.1, 0.15) is 0 Å².